The maximum Gasteiger partial charge on any atom is 0.573 e. The Kier molecular flexibility index (Phi) is 6.87. The minimum Gasteiger partial charge on any atom is -0.406 e. The number of urea groups is 1. The molecular formula is C20H18F8N6O3. The molecule has 2 heterocycles. The minimum atomic E-state index is -6.06. The minimum absolute atomic E-state index is 0.0364. The maximum atomic E-state index is 13.9. The molecule has 1 aromatic heterocycles. The molecule has 202 valence electrons. The standard InChI is InChI=1S/C20H18F8N6O3/c1-17(2)8-34(16(36)32-17)15-30-7-12(13(29)31-15)14(35)33(9-18(21,22)19(23,24)25)10-3-5-11(6-4-10)37-20(26,27)28/h3-7H,8-9H2,1-2H3,(H,32,36)(H2,29,30,31). The summed E-state index contributed by atoms with van der Waals surface area (Å²) in [5.74, 6) is -8.66. The lowest BCUT2D eigenvalue weighted by molar-refractivity contribution is -0.276. The monoisotopic (exact) mass is 542 g/mol. The van der Waals surface area contributed by atoms with Crippen LogP contribution in [0.5, 0.6) is 5.75 Å². The molecule has 3 N–H and O–H groups in total. The summed E-state index contributed by atoms with van der Waals surface area (Å²) in [5, 5.41) is 2.62. The van der Waals surface area contributed by atoms with Crippen LogP contribution in [0.15, 0.2) is 30.5 Å². The highest BCUT2D eigenvalue weighted by atomic mass is 19.4. The number of anilines is 3. The van der Waals surface area contributed by atoms with Gasteiger partial charge in [-0.2, -0.15) is 26.9 Å². The quantitative estimate of drug-likeness (QED) is 0.532. The van der Waals surface area contributed by atoms with Gasteiger partial charge >= 0.3 is 24.5 Å². The van der Waals surface area contributed by atoms with E-state index in [-0.39, 0.29) is 17.4 Å². The molecule has 1 aliphatic rings. The van der Waals surface area contributed by atoms with Crippen LogP contribution >= 0.6 is 0 Å². The van der Waals surface area contributed by atoms with E-state index in [4.69, 9.17) is 5.73 Å². The Balaban J connectivity index is 1.97. The molecule has 3 rings (SSSR count). The van der Waals surface area contributed by atoms with Crippen LogP contribution in [0.3, 0.4) is 0 Å². The van der Waals surface area contributed by atoms with E-state index < -0.39 is 65.3 Å². The highest BCUT2D eigenvalue weighted by Gasteiger charge is 2.59. The number of hydrogen-bond donors (Lipinski definition) is 2. The molecule has 1 fully saturated rings. The summed E-state index contributed by atoms with van der Waals surface area (Å²) in [6, 6.07) is 1.98. The molecule has 1 saturated heterocycles. The van der Waals surface area contributed by atoms with Crippen LogP contribution in [0.1, 0.15) is 24.2 Å². The van der Waals surface area contributed by atoms with Gasteiger partial charge in [-0.05, 0) is 38.1 Å². The second-order valence-corrected chi connectivity index (χ2v) is 8.50. The first-order valence-electron chi connectivity index (χ1n) is 10.1. The van der Waals surface area contributed by atoms with Gasteiger partial charge in [0.05, 0.1) is 18.6 Å². The molecule has 0 radical (unpaired) electrons. The number of benzene rings is 1. The Bertz CT molecular complexity index is 1180. The van der Waals surface area contributed by atoms with Gasteiger partial charge in [-0.1, -0.05) is 0 Å². The number of nitrogens with two attached hydrogens (primary N) is 1. The summed E-state index contributed by atoms with van der Waals surface area (Å²) in [6.45, 7) is 1.24. The molecule has 0 spiro atoms. The van der Waals surface area contributed by atoms with Crippen molar-refractivity contribution in [2.75, 3.05) is 28.6 Å². The second kappa shape index (κ2) is 9.19. The smallest absolute Gasteiger partial charge is 0.406 e. The highest BCUT2D eigenvalue weighted by molar-refractivity contribution is 6.09. The van der Waals surface area contributed by atoms with Crippen molar-refractivity contribution in [3.8, 4) is 5.75 Å². The SMILES string of the molecule is CC1(C)CN(c2ncc(C(=O)N(CC(F)(F)C(F)(F)F)c3ccc(OC(F)(F)F)cc3)c(N)n2)C(=O)N1. The van der Waals surface area contributed by atoms with E-state index in [1.165, 1.54) is 0 Å². The van der Waals surface area contributed by atoms with Gasteiger partial charge in [0, 0.05) is 11.9 Å². The lowest BCUT2D eigenvalue weighted by atomic mass is 10.1. The molecule has 1 aromatic carbocycles. The third-order valence-electron chi connectivity index (χ3n) is 4.92. The normalized spacial score (nSPS) is 15.9. The number of hydrogen-bond acceptors (Lipinski definition) is 6. The van der Waals surface area contributed by atoms with Gasteiger partial charge in [-0.3, -0.25) is 9.69 Å². The lowest BCUT2D eigenvalue weighted by Gasteiger charge is -2.29. The molecule has 0 bridgehead atoms. The molecule has 9 nitrogen and oxygen atoms in total. The van der Waals surface area contributed by atoms with Crippen LogP contribution in [0, 0.1) is 0 Å². The molecule has 2 aromatic rings. The molecule has 0 saturated carbocycles. The molecule has 3 amide bonds. The van der Waals surface area contributed by atoms with Crippen LogP contribution in [0.4, 0.5) is 57.4 Å². The number of amides is 3. The Morgan fingerprint density at radius 1 is 1.14 bits per heavy atom. The van der Waals surface area contributed by atoms with Gasteiger partial charge in [0.25, 0.3) is 5.91 Å². The van der Waals surface area contributed by atoms with Crippen molar-refractivity contribution in [2.24, 2.45) is 0 Å². The summed E-state index contributed by atoms with van der Waals surface area (Å²) in [5.41, 5.74) is 3.75. The number of halogens is 8. The summed E-state index contributed by atoms with van der Waals surface area (Å²) in [4.78, 5) is 33.8. The lowest BCUT2D eigenvalue weighted by Crippen LogP contribution is -2.49. The molecular weight excluding hydrogens is 524 g/mol. The maximum absolute atomic E-state index is 13.9. The number of alkyl halides is 8. The average molecular weight is 542 g/mol. The number of rotatable bonds is 6. The fourth-order valence-corrected chi connectivity index (χ4v) is 3.25. The van der Waals surface area contributed by atoms with Crippen molar-refractivity contribution in [1.29, 1.82) is 0 Å². The van der Waals surface area contributed by atoms with E-state index in [1.807, 2.05) is 0 Å². The zero-order valence-electron chi connectivity index (χ0n) is 18.9. The van der Waals surface area contributed by atoms with E-state index in [1.54, 1.807) is 13.8 Å². The van der Waals surface area contributed by atoms with Crippen molar-refractivity contribution in [1.82, 2.24) is 15.3 Å². The van der Waals surface area contributed by atoms with Crippen molar-refractivity contribution < 1.29 is 49.4 Å². The van der Waals surface area contributed by atoms with Gasteiger partial charge in [0.1, 0.15) is 17.1 Å². The van der Waals surface area contributed by atoms with Gasteiger partial charge < -0.3 is 20.7 Å². The number of aromatic nitrogens is 2. The third kappa shape index (κ3) is 6.26. The number of carbonyl (C=O) groups is 2. The topological polar surface area (TPSA) is 114 Å². The van der Waals surface area contributed by atoms with Gasteiger partial charge in [0.15, 0.2) is 0 Å². The van der Waals surface area contributed by atoms with E-state index in [0.29, 0.717) is 24.3 Å². The fraction of sp³-hybridized carbons (Fsp3) is 0.400. The summed E-state index contributed by atoms with van der Waals surface area (Å²) in [7, 11) is 0. The first kappa shape index (κ1) is 27.7. The van der Waals surface area contributed by atoms with Crippen LogP contribution < -0.4 is 25.6 Å². The number of ether oxygens (including phenoxy) is 1. The van der Waals surface area contributed by atoms with Crippen LogP contribution in [0.2, 0.25) is 0 Å². The van der Waals surface area contributed by atoms with Crippen LogP contribution in [-0.4, -0.2) is 59.0 Å². The van der Waals surface area contributed by atoms with Gasteiger partial charge in [0.2, 0.25) is 5.95 Å². The summed E-state index contributed by atoms with van der Waals surface area (Å²) < 4.78 is 107. The summed E-state index contributed by atoms with van der Waals surface area (Å²) in [6.07, 6.45) is -10.4. The Morgan fingerprint density at radius 2 is 1.73 bits per heavy atom. The largest absolute Gasteiger partial charge is 0.573 e. The molecule has 0 aliphatic carbocycles. The van der Waals surface area contributed by atoms with Crippen molar-refractivity contribution in [2.45, 2.75) is 37.8 Å². The Morgan fingerprint density at radius 3 is 2.19 bits per heavy atom. The van der Waals surface area contributed by atoms with Gasteiger partial charge in [-0.25, -0.2) is 9.78 Å². The third-order valence-corrected chi connectivity index (χ3v) is 4.92. The molecule has 0 atom stereocenters. The predicted octanol–water partition coefficient (Wildman–Crippen LogP) is 4.11. The number of nitrogens with one attached hydrogen (secondary N) is 1. The van der Waals surface area contributed by atoms with Crippen LogP contribution in [-0.2, 0) is 0 Å². The van der Waals surface area contributed by atoms with Crippen molar-refractivity contribution in [3.05, 3.63) is 36.0 Å². The Labute approximate surface area is 203 Å². The predicted molar refractivity (Wildman–Crippen MR) is 112 cm³/mol. The number of carbonyl (C=O) groups excluding carboxylic acids is 2. The second-order valence-electron chi connectivity index (χ2n) is 8.50. The van der Waals surface area contributed by atoms with E-state index in [0.717, 1.165) is 11.1 Å². The average Bonchev–Trinajstić information content (AvgIpc) is 3.02. The number of nitrogen functional groups attached to an aromatic ring is 1. The highest BCUT2D eigenvalue weighted by Crippen LogP contribution is 2.38. The van der Waals surface area contributed by atoms with Gasteiger partial charge in [-0.15, -0.1) is 13.2 Å². The summed E-state index contributed by atoms with van der Waals surface area (Å²) >= 11 is 0. The zero-order valence-corrected chi connectivity index (χ0v) is 18.9. The van der Waals surface area contributed by atoms with E-state index >= 15 is 0 Å². The number of nitrogens with zero attached hydrogens (tertiary/aromatic N) is 4. The first-order valence-corrected chi connectivity index (χ1v) is 10.1. The van der Waals surface area contributed by atoms with Crippen molar-refractivity contribution >= 4 is 29.4 Å². The van der Waals surface area contributed by atoms with E-state index in [2.05, 4.69) is 20.0 Å². The Hall–Kier alpha value is -3.92. The molecule has 17 heteroatoms. The first-order chi connectivity index (χ1) is 16.8. The molecule has 1 aliphatic heterocycles. The van der Waals surface area contributed by atoms with Crippen LogP contribution in [0.25, 0.3) is 0 Å². The molecule has 37 heavy (non-hydrogen) atoms. The van der Waals surface area contributed by atoms with E-state index in [9.17, 15) is 44.7 Å². The fourth-order valence-electron chi connectivity index (χ4n) is 3.25. The van der Waals surface area contributed by atoms with Crippen molar-refractivity contribution in [3.63, 3.8) is 0 Å². The molecule has 0 unspecified atom stereocenters. The zero-order chi connectivity index (χ0) is 28.0.